The molecule has 0 spiro atoms. The molecule has 3 saturated heterocycles. The second-order valence-electron chi connectivity index (χ2n) is 6.27. The van der Waals surface area contributed by atoms with Gasteiger partial charge in [0.25, 0.3) is 0 Å². The SMILES string of the molecule is CCn1c(C)cc(CNC2CN3CCC2CC3)c1C. The number of aromatic nitrogens is 1. The van der Waals surface area contributed by atoms with E-state index in [-0.39, 0.29) is 0 Å². The number of nitrogens with one attached hydrogen (secondary N) is 1. The minimum atomic E-state index is 0.715. The second kappa shape index (κ2) is 5.29. The van der Waals surface area contributed by atoms with Gasteiger partial charge in [-0.05, 0) is 64.3 Å². The first kappa shape index (κ1) is 13.2. The minimum absolute atomic E-state index is 0.715. The van der Waals surface area contributed by atoms with Crippen molar-refractivity contribution in [3.8, 4) is 0 Å². The molecule has 1 atom stereocenters. The fraction of sp³-hybridized carbons (Fsp3) is 0.750. The minimum Gasteiger partial charge on any atom is -0.349 e. The highest BCUT2D eigenvalue weighted by Crippen LogP contribution is 2.28. The van der Waals surface area contributed by atoms with Gasteiger partial charge in [0.2, 0.25) is 0 Å². The lowest BCUT2D eigenvalue weighted by Gasteiger charge is -2.45. The van der Waals surface area contributed by atoms with Crippen molar-refractivity contribution in [2.24, 2.45) is 5.92 Å². The molecule has 3 nitrogen and oxygen atoms in total. The smallest absolute Gasteiger partial charge is 0.0227 e. The molecule has 3 aliphatic rings. The predicted octanol–water partition coefficient (Wildman–Crippen LogP) is 2.31. The van der Waals surface area contributed by atoms with Gasteiger partial charge in [0.15, 0.2) is 0 Å². The number of aryl methyl sites for hydroxylation is 1. The lowest BCUT2D eigenvalue weighted by molar-refractivity contribution is 0.0720. The van der Waals surface area contributed by atoms with Crippen molar-refractivity contribution < 1.29 is 0 Å². The summed E-state index contributed by atoms with van der Waals surface area (Å²) in [5.74, 6) is 0.916. The normalized spacial score (nSPS) is 29.9. The Bertz CT molecular complexity index is 441. The van der Waals surface area contributed by atoms with E-state index in [4.69, 9.17) is 0 Å². The monoisotopic (exact) mass is 261 g/mol. The van der Waals surface area contributed by atoms with E-state index in [1.165, 1.54) is 49.4 Å². The average Bonchev–Trinajstić information content (AvgIpc) is 2.72. The molecule has 3 heteroatoms. The van der Waals surface area contributed by atoms with E-state index in [9.17, 15) is 0 Å². The zero-order valence-corrected chi connectivity index (χ0v) is 12.6. The molecule has 4 heterocycles. The average molecular weight is 261 g/mol. The summed E-state index contributed by atoms with van der Waals surface area (Å²) in [5, 5.41) is 3.82. The highest BCUT2D eigenvalue weighted by atomic mass is 15.2. The molecular weight excluding hydrogens is 234 g/mol. The number of rotatable bonds is 4. The van der Waals surface area contributed by atoms with Gasteiger partial charge in [-0.2, -0.15) is 0 Å². The zero-order valence-electron chi connectivity index (χ0n) is 12.6. The second-order valence-corrected chi connectivity index (χ2v) is 6.27. The summed E-state index contributed by atoms with van der Waals surface area (Å²) in [7, 11) is 0. The summed E-state index contributed by atoms with van der Waals surface area (Å²) in [6.45, 7) is 12.7. The van der Waals surface area contributed by atoms with Gasteiger partial charge < -0.3 is 14.8 Å². The van der Waals surface area contributed by atoms with Gasteiger partial charge in [0.1, 0.15) is 0 Å². The quantitative estimate of drug-likeness (QED) is 0.897. The van der Waals surface area contributed by atoms with Gasteiger partial charge in [0.05, 0.1) is 0 Å². The Kier molecular flexibility index (Phi) is 3.68. The van der Waals surface area contributed by atoms with E-state index < -0.39 is 0 Å². The largest absolute Gasteiger partial charge is 0.349 e. The fourth-order valence-electron chi connectivity index (χ4n) is 3.98. The van der Waals surface area contributed by atoms with Crippen LogP contribution >= 0.6 is 0 Å². The van der Waals surface area contributed by atoms with Crippen molar-refractivity contribution >= 4 is 0 Å². The van der Waals surface area contributed by atoms with Crippen LogP contribution < -0.4 is 5.32 Å². The summed E-state index contributed by atoms with van der Waals surface area (Å²) >= 11 is 0. The van der Waals surface area contributed by atoms with E-state index in [1.807, 2.05) is 0 Å². The topological polar surface area (TPSA) is 20.2 Å². The van der Waals surface area contributed by atoms with Crippen LogP contribution in [0.4, 0.5) is 0 Å². The number of piperidine rings is 3. The van der Waals surface area contributed by atoms with E-state index in [0.29, 0.717) is 6.04 Å². The van der Waals surface area contributed by atoms with Crippen LogP contribution in [-0.2, 0) is 13.1 Å². The van der Waals surface area contributed by atoms with Gasteiger partial charge in [-0.25, -0.2) is 0 Å². The third-order valence-electron chi connectivity index (χ3n) is 5.21. The Hall–Kier alpha value is -0.800. The lowest BCUT2D eigenvalue weighted by atomic mass is 9.84. The first-order chi connectivity index (χ1) is 9.19. The first-order valence-corrected chi connectivity index (χ1v) is 7.80. The van der Waals surface area contributed by atoms with Gasteiger partial charge in [-0.3, -0.25) is 0 Å². The fourth-order valence-corrected chi connectivity index (χ4v) is 3.98. The summed E-state index contributed by atoms with van der Waals surface area (Å²) in [5.41, 5.74) is 4.32. The maximum atomic E-state index is 3.82. The van der Waals surface area contributed by atoms with E-state index in [1.54, 1.807) is 0 Å². The summed E-state index contributed by atoms with van der Waals surface area (Å²) in [6, 6.07) is 3.07. The first-order valence-electron chi connectivity index (χ1n) is 7.80. The summed E-state index contributed by atoms with van der Waals surface area (Å²) < 4.78 is 2.41. The van der Waals surface area contributed by atoms with Crippen molar-refractivity contribution in [1.82, 2.24) is 14.8 Å². The van der Waals surface area contributed by atoms with Crippen LogP contribution in [0.2, 0.25) is 0 Å². The molecule has 19 heavy (non-hydrogen) atoms. The van der Waals surface area contributed by atoms with E-state index in [2.05, 4.69) is 41.6 Å². The molecule has 106 valence electrons. The van der Waals surface area contributed by atoms with Gasteiger partial charge >= 0.3 is 0 Å². The van der Waals surface area contributed by atoms with Crippen LogP contribution in [0.1, 0.15) is 36.7 Å². The maximum absolute atomic E-state index is 3.82. The standard InChI is InChI=1S/C16H27N3/c1-4-19-12(2)9-15(13(19)3)10-17-16-11-18-7-5-14(16)6-8-18/h9,14,16-17H,4-8,10-11H2,1-3H3. The molecule has 1 N–H and O–H groups in total. The predicted molar refractivity (Wildman–Crippen MR) is 79.4 cm³/mol. The molecule has 0 amide bonds. The maximum Gasteiger partial charge on any atom is 0.0227 e. The van der Waals surface area contributed by atoms with Crippen molar-refractivity contribution in [3.63, 3.8) is 0 Å². The van der Waals surface area contributed by atoms with E-state index in [0.717, 1.165) is 19.0 Å². The van der Waals surface area contributed by atoms with Crippen LogP contribution in [0.15, 0.2) is 6.07 Å². The Balaban J connectivity index is 1.63. The van der Waals surface area contributed by atoms with Crippen LogP contribution in [0.3, 0.4) is 0 Å². The Labute approximate surface area is 117 Å². The van der Waals surface area contributed by atoms with Gasteiger partial charge in [-0.1, -0.05) is 0 Å². The molecule has 0 aromatic carbocycles. The highest BCUT2D eigenvalue weighted by Gasteiger charge is 2.33. The highest BCUT2D eigenvalue weighted by molar-refractivity contribution is 5.26. The Morgan fingerprint density at radius 2 is 2.00 bits per heavy atom. The molecule has 3 aliphatic heterocycles. The molecule has 3 fully saturated rings. The molecule has 0 radical (unpaired) electrons. The number of hydrogen-bond donors (Lipinski definition) is 1. The Morgan fingerprint density at radius 1 is 1.26 bits per heavy atom. The molecule has 1 unspecified atom stereocenters. The molecule has 1 aromatic heterocycles. The van der Waals surface area contributed by atoms with Crippen molar-refractivity contribution in [3.05, 3.63) is 23.0 Å². The van der Waals surface area contributed by atoms with Crippen LogP contribution in [0, 0.1) is 19.8 Å². The number of hydrogen-bond acceptors (Lipinski definition) is 2. The van der Waals surface area contributed by atoms with Crippen molar-refractivity contribution in [2.75, 3.05) is 19.6 Å². The van der Waals surface area contributed by atoms with Gasteiger partial charge in [0, 0.05) is 37.1 Å². The molecule has 4 rings (SSSR count). The van der Waals surface area contributed by atoms with Crippen LogP contribution in [0.5, 0.6) is 0 Å². The summed E-state index contributed by atoms with van der Waals surface area (Å²) in [6.07, 6.45) is 2.79. The molecule has 0 saturated carbocycles. The van der Waals surface area contributed by atoms with E-state index >= 15 is 0 Å². The third-order valence-corrected chi connectivity index (χ3v) is 5.21. The van der Waals surface area contributed by atoms with Crippen LogP contribution in [-0.4, -0.2) is 35.1 Å². The number of nitrogens with zero attached hydrogens (tertiary/aromatic N) is 2. The van der Waals surface area contributed by atoms with Crippen molar-refractivity contribution in [2.45, 2.75) is 52.7 Å². The van der Waals surface area contributed by atoms with Crippen molar-refractivity contribution in [1.29, 1.82) is 0 Å². The molecule has 0 aliphatic carbocycles. The zero-order chi connectivity index (χ0) is 13.4. The number of fused-ring (bicyclic) bond motifs is 3. The third kappa shape index (κ3) is 2.46. The Morgan fingerprint density at radius 3 is 2.53 bits per heavy atom. The molecule has 2 bridgehead atoms. The molecule has 1 aromatic rings. The van der Waals surface area contributed by atoms with Gasteiger partial charge in [-0.15, -0.1) is 0 Å². The lowest BCUT2D eigenvalue weighted by Crippen LogP contribution is -2.55. The molecular formula is C16H27N3. The van der Waals surface area contributed by atoms with Crippen LogP contribution in [0.25, 0.3) is 0 Å². The summed E-state index contributed by atoms with van der Waals surface area (Å²) in [4.78, 5) is 2.62.